The molecule has 3 aromatic rings. The van der Waals surface area contributed by atoms with Crippen LogP contribution >= 0.6 is 0 Å². The molecule has 0 aliphatic heterocycles. The number of nitro groups is 1. The second-order valence-corrected chi connectivity index (χ2v) is 7.20. The molecule has 0 aromatic heterocycles. The molecule has 168 valence electrons. The van der Waals surface area contributed by atoms with E-state index in [2.05, 4.69) is 5.32 Å². The first-order valence-corrected chi connectivity index (χ1v) is 9.83. The monoisotopic (exact) mass is 450 g/mol. The number of hydrogen-bond acceptors (Lipinski definition) is 6. The largest absolute Gasteiger partial charge is 0.449 e. The van der Waals surface area contributed by atoms with Crippen LogP contribution in [0.3, 0.4) is 0 Å². The van der Waals surface area contributed by atoms with Gasteiger partial charge in [0, 0.05) is 22.9 Å². The number of rotatable bonds is 7. The highest BCUT2D eigenvalue weighted by molar-refractivity contribution is 6.14. The number of esters is 1. The zero-order valence-electron chi connectivity index (χ0n) is 17.7. The summed E-state index contributed by atoms with van der Waals surface area (Å²) < 4.78 is 18.7. The molecule has 0 heterocycles. The maximum absolute atomic E-state index is 13.5. The molecule has 9 heteroatoms. The highest BCUT2D eigenvalue weighted by Gasteiger charge is 2.24. The number of ether oxygens (including phenoxy) is 1. The number of amides is 1. The van der Waals surface area contributed by atoms with Crippen LogP contribution in [0, 0.1) is 22.9 Å². The molecule has 33 heavy (non-hydrogen) atoms. The van der Waals surface area contributed by atoms with Gasteiger partial charge in [0.1, 0.15) is 0 Å². The molecule has 0 bridgehead atoms. The minimum Gasteiger partial charge on any atom is -0.449 e. The van der Waals surface area contributed by atoms with Gasteiger partial charge in [-0.3, -0.25) is 19.7 Å². The zero-order chi connectivity index (χ0) is 24.1. The van der Waals surface area contributed by atoms with E-state index in [4.69, 9.17) is 4.74 Å². The van der Waals surface area contributed by atoms with Crippen LogP contribution in [0.5, 0.6) is 0 Å². The van der Waals surface area contributed by atoms with E-state index in [1.165, 1.54) is 19.1 Å². The minimum atomic E-state index is -1.30. The van der Waals surface area contributed by atoms with Crippen molar-refractivity contribution in [3.05, 3.63) is 105 Å². The van der Waals surface area contributed by atoms with Gasteiger partial charge in [-0.05, 0) is 32.0 Å². The standard InChI is InChI=1S/C24H19FN2O6/c1-14-7-9-16(10-8-14)22(28)18-5-3-4-6-19(18)24(30)33-15(2)23(29)26-17-11-12-20(25)21(13-17)27(31)32/h3-13,15H,1-2H3,(H,26,29). The quantitative estimate of drug-likeness (QED) is 0.246. The Morgan fingerprint density at radius 3 is 2.27 bits per heavy atom. The molecule has 1 unspecified atom stereocenters. The summed E-state index contributed by atoms with van der Waals surface area (Å²) in [6, 6.07) is 15.8. The molecule has 3 rings (SSSR count). The third-order valence-corrected chi connectivity index (χ3v) is 4.77. The van der Waals surface area contributed by atoms with Gasteiger partial charge in [-0.15, -0.1) is 0 Å². The van der Waals surface area contributed by atoms with Crippen molar-refractivity contribution in [1.29, 1.82) is 0 Å². The lowest BCUT2D eigenvalue weighted by Gasteiger charge is -2.15. The van der Waals surface area contributed by atoms with E-state index in [0.29, 0.717) is 5.56 Å². The maximum Gasteiger partial charge on any atom is 0.339 e. The number of carbonyl (C=O) groups is 3. The Bertz CT molecular complexity index is 1240. The lowest BCUT2D eigenvalue weighted by molar-refractivity contribution is -0.387. The molecule has 0 spiro atoms. The Kier molecular flexibility index (Phi) is 6.92. The lowest BCUT2D eigenvalue weighted by atomic mass is 9.98. The number of nitrogens with zero attached hydrogens (tertiary/aromatic N) is 1. The van der Waals surface area contributed by atoms with Crippen LogP contribution in [-0.2, 0) is 9.53 Å². The number of halogens is 1. The topological polar surface area (TPSA) is 116 Å². The van der Waals surface area contributed by atoms with Crippen molar-refractivity contribution in [2.24, 2.45) is 0 Å². The van der Waals surface area contributed by atoms with Gasteiger partial charge in [-0.2, -0.15) is 4.39 Å². The Morgan fingerprint density at radius 1 is 1.00 bits per heavy atom. The number of hydrogen-bond donors (Lipinski definition) is 1. The molecule has 0 saturated carbocycles. The third kappa shape index (κ3) is 5.45. The van der Waals surface area contributed by atoms with Gasteiger partial charge in [0.25, 0.3) is 5.91 Å². The van der Waals surface area contributed by atoms with Gasteiger partial charge in [0.05, 0.1) is 10.5 Å². The van der Waals surface area contributed by atoms with Gasteiger partial charge in [-0.1, -0.05) is 48.0 Å². The van der Waals surface area contributed by atoms with Crippen LogP contribution < -0.4 is 5.32 Å². The Labute approximate surface area is 188 Å². The SMILES string of the molecule is Cc1ccc(C(=O)c2ccccc2C(=O)OC(C)C(=O)Nc2ccc(F)c([N+](=O)[O-])c2)cc1. The minimum absolute atomic E-state index is 0.0138. The smallest absolute Gasteiger partial charge is 0.339 e. The fourth-order valence-electron chi connectivity index (χ4n) is 2.97. The van der Waals surface area contributed by atoms with Crippen LogP contribution in [0.15, 0.2) is 66.7 Å². The number of benzene rings is 3. The first-order chi connectivity index (χ1) is 15.7. The average Bonchev–Trinajstić information content (AvgIpc) is 2.80. The second kappa shape index (κ2) is 9.82. The van der Waals surface area contributed by atoms with Crippen LogP contribution in [0.25, 0.3) is 0 Å². The number of anilines is 1. The number of ketones is 1. The molecule has 1 N–H and O–H groups in total. The van der Waals surface area contributed by atoms with E-state index >= 15 is 0 Å². The predicted molar refractivity (Wildman–Crippen MR) is 118 cm³/mol. The first-order valence-electron chi connectivity index (χ1n) is 9.83. The van der Waals surface area contributed by atoms with Gasteiger partial charge in [-0.25, -0.2) is 4.79 Å². The molecule has 1 atom stereocenters. The molecule has 0 saturated heterocycles. The van der Waals surface area contributed by atoms with Crippen LogP contribution in [0.2, 0.25) is 0 Å². The van der Waals surface area contributed by atoms with Crippen molar-refractivity contribution in [1.82, 2.24) is 0 Å². The molecule has 1 amide bonds. The highest BCUT2D eigenvalue weighted by atomic mass is 19.1. The van der Waals surface area contributed by atoms with Crippen molar-refractivity contribution in [2.75, 3.05) is 5.32 Å². The molecular formula is C24H19FN2O6. The van der Waals surface area contributed by atoms with Gasteiger partial charge >= 0.3 is 11.7 Å². The first kappa shape index (κ1) is 23.3. The van der Waals surface area contributed by atoms with Crippen molar-refractivity contribution in [3.8, 4) is 0 Å². The summed E-state index contributed by atoms with van der Waals surface area (Å²) in [6.07, 6.45) is -1.30. The lowest BCUT2D eigenvalue weighted by Crippen LogP contribution is -2.30. The van der Waals surface area contributed by atoms with Crippen molar-refractivity contribution in [2.45, 2.75) is 20.0 Å². The van der Waals surface area contributed by atoms with E-state index in [1.807, 2.05) is 6.92 Å². The Morgan fingerprint density at radius 2 is 1.64 bits per heavy atom. The van der Waals surface area contributed by atoms with E-state index < -0.39 is 34.4 Å². The summed E-state index contributed by atoms with van der Waals surface area (Å²) in [7, 11) is 0. The summed E-state index contributed by atoms with van der Waals surface area (Å²) in [6.45, 7) is 3.19. The predicted octanol–water partition coefficient (Wildman–Crippen LogP) is 4.46. The molecule has 8 nitrogen and oxygen atoms in total. The molecule has 0 fully saturated rings. The molecule has 0 aliphatic rings. The fraction of sp³-hybridized carbons (Fsp3) is 0.125. The van der Waals surface area contributed by atoms with E-state index in [9.17, 15) is 28.9 Å². The zero-order valence-corrected chi connectivity index (χ0v) is 17.7. The van der Waals surface area contributed by atoms with E-state index in [1.54, 1.807) is 36.4 Å². The van der Waals surface area contributed by atoms with Crippen molar-refractivity contribution >= 4 is 29.0 Å². The van der Waals surface area contributed by atoms with Gasteiger partial charge in [0.15, 0.2) is 11.9 Å². The summed E-state index contributed by atoms with van der Waals surface area (Å²) in [5.41, 5.74) is 0.635. The Hall–Kier alpha value is -4.40. The summed E-state index contributed by atoms with van der Waals surface area (Å²) >= 11 is 0. The van der Waals surface area contributed by atoms with Crippen molar-refractivity contribution < 1.29 is 28.4 Å². The number of aryl methyl sites for hydroxylation is 1. The number of nitro benzene ring substituents is 1. The molecule has 0 radical (unpaired) electrons. The van der Waals surface area contributed by atoms with Crippen LogP contribution in [0.1, 0.15) is 38.8 Å². The average molecular weight is 450 g/mol. The number of carbonyl (C=O) groups excluding carboxylic acids is 3. The summed E-state index contributed by atoms with van der Waals surface area (Å²) in [4.78, 5) is 47.9. The fourth-order valence-corrected chi connectivity index (χ4v) is 2.97. The van der Waals surface area contributed by atoms with E-state index in [0.717, 1.165) is 23.8 Å². The van der Waals surface area contributed by atoms with Crippen molar-refractivity contribution in [3.63, 3.8) is 0 Å². The van der Waals surface area contributed by atoms with Crippen LogP contribution in [0.4, 0.5) is 15.8 Å². The van der Waals surface area contributed by atoms with E-state index in [-0.39, 0.29) is 22.6 Å². The number of nitrogens with one attached hydrogen (secondary N) is 1. The molecular weight excluding hydrogens is 431 g/mol. The second-order valence-electron chi connectivity index (χ2n) is 7.20. The third-order valence-electron chi connectivity index (χ3n) is 4.77. The Balaban J connectivity index is 1.74. The van der Waals surface area contributed by atoms with Crippen LogP contribution in [-0.4, -0.2) is 28.7 Å². The summed E-state index contributed by atoms with van der Waals surface area (Å²) in [5, 5.41) is 13.2. The van der Waals surface area contributed by atoms with Gasteiger partial charge < -0.3 is 10.1 Å². The van der Waals surface area contributed by atoms with Gasteiger partial charge in [0.2, 0.25) is 5.82 Å². The molecule has 0 aliphatic carbocycles. The maximum atomic E-state index is 13.5. The highest BCUT2D eigenvalue weighted by Crippen LogP contribution is 2.22. The normalized spacial score (nSPS) is 11.4. The molecule has 3 aromatic carbocycles. The summed E-state index contributed by atoms with van der Waals surface area (Å²) in [5.74, 6) is -3.10.